The molecule has 1 atom stereocenters. The normalized spacial score (nSPS) is 21.9. The first kappa shape index (κ1) is 25.4. The molecule has 9 nitrogen and oxygen atoms in total. The molecule has 1 spiro atoms. The molecule has 4 aliphatic heterocycles. The first-order valence-corrected chi connectivity index (χ1v) is 14.3. The quantitative estimate of drug-likeness (QED) is 0.484. The van der Waals surface area contributed by atoms with Gasteiger partial charge >= 0.3 is 0 Å². The summed E-state index contributed by atoms with van der Waals surface area (Å²) in [5.41, 5.74) is 4.23. The number of carbonyl (C=O) groups excluding carboxylic acids is 2. The van der Waals surface area contributed by atoms with Crippen molar-refractivity contribution in [2.75, 3.05) is 56.3 Å². The standard InChI is InChI=1S/C30H32ClN5O4/c1-33-23-15-21(34-18-30(19-34)10-13-39-14-11-30)7-8-25(23)40-17-24(28(33)37)35-12-9-22-26(29(35)38)32-36(27(22)31)16-20-5-3-2-4-6-20/h2-8,15,24H,9-14,16-19H2,1H3/t24-/m0/s1. The molecule has 2 amide bonds. The first-order chi connectivity index (χ1) is 19.4. The number of halogens is 1. The zero-order chi connectivity index (χ0) is 27.4. The van der Waals surface area contributed by atoms with E-state index in [-0.39, 0.29) is 18.4 Å². The van der Waals surface area contributed by atoms with Gasteiger partial charge < -0.3 is 24.2 Å². The Morgan fingerprint density at radius 1 is 1.07 bits per heavy atom. The number of amides is 2. The molecule has 4 aliphatic rings. The van der Waals surface area contributed by atoms with Gasteiger partial charge in [-0.1, -0.05) is 41.9 Å². The first-order valence-electron chi connectivity index (χ1n) is 13.9. The molecule has 0 radical (unpaired) electrons. The second-order valence-electron chi connectivity index (χ2n) is 11.4. The van der Waals surface area contributed by atoms with Crippen molar-refractivity contribution in [2.24, 2.45) is 5.41 Å². The number of nitrogens with zero attached hydrogens (tertiary/aromatic N) is 5. The zero-order valence-electron chi connectivity index (χ0n) is 22.5. The highest BCUT2D eigenvalue weighted by atomic mass is 35.5. The second-order valence-corrected chi connectivity index (χ2v) is 11.7. The maximum atomic E-state index is 13.8. The number of hydrogen-bond acceptors (Lipinski definition) is 6. The van der Waals surface area contributed by atoms with Crippen LogP contribution < -0.4 is 14.5 Å². The monoisotopic (exact) mass is 561 g/mol. The molecule has 0 unspecified atom stereocenters. The number of hydrogen-bond donors (Lipinski definition) is 0. The average Bonchev–Trinajstić information content (AvgIpc) is 3.22. The van der Waals surface area contributed by atoms with Gasteiger partial charge in [-0.15, -0.1) is 0 Å². The van der Waals surface area contributed by atoms with Crippen LogP contribution in [-0.4, -0.2) is 79.0 Å². The molecule has 0 aliphatic carbocycles. The molecule has 40 heavy (non-hydrogen) atoms. The molecule has 7 rings (SSSR count). The van der Waals surface area contributed by atoms with Gasteiger partial charge in [-0.05, 0) is 43.0 Å². The van der Waals surface area contributed by atoms with E-state index in [1.54, 1.807) is 21.5 Å². The van der Waals surface area contributed by atoms with Crippen molar-refractivity contribution in [2.45, 2.75) is 31.8 Å². The van der Waals surface area contributed by atoms with Gasteiger partial charge in [-0.2, -0.15) is 5.10 Å². The van der Waals surface area contributed by atoms with Gasteiger partial charge in [0.2, 0.25) is 0 Å². The van der Waals surface area contributed by atoms with Crippen LogP contribution in [0, 0.1) is 5.41 Å². The molecule has 10 heteroatoms. The van der Waals surface area contributed by atoms with Gasteiger partial charge in [0, 0.05) is 56.6 Å². The van der Waals surface area contributed by atoms with Crippen LogP contribution in [0.4, 0.5) is 11.4 Å². The Balaban J connectivity index is 1.09. The summed E-state index contributed by atoms with van der Waals surface area (Å²) < 4.78 is 13.4. The molecule has 2 saturated heterocycles. The van der Waals surface area contributed by atoms with Gasteiger partial charge in [0.1, 0.15) is 23.6 Å². The lowest BCUT2D eigenvalue weighted by Crippen LogP contribution is -2.58. The number of benzene rings is 2. The Hall–Kier alpha value is -3.56. The van der Waals surface area contributed by atoms with E-state index in [1.165, 1.54) is 0 Å². The van der Waals surface area contributed by atoms with Crippen LogP contribution in [0.3, 0.4) is 0 Å². The topological polar surface area (TPSA) is 80.1 Å². The third-order valence-corrected chi connectivity index (χ3v) is 9.31. The van der Waals surface area contributed by atoms with Crippen molar-refractivity contribution in [3.63, 3.8) is 0 Å². The van der Waals surface area contributed by atoms with Crippen molar-refractivity contribution < 1.29 is 19.1 Å². The van der Waals surface area contributed by atoms with Gasteiger partial charge in [0.25, 0.3) is 11.8 Å². The van der Waals surface area contributed by atoms with E-state index < -0.39 is 6.04 Å². The maximum Gasteiger partial charge on any atom is 0.275 e. The fourth-order valence-corrected chi connectivity index (χ4v) is 6.74. The molecule has 2 fully saturated rings. The molecular weight excluding hydrogens is 530 g/mol. The summed E-state index contributed by atoms with van der Waals surface area (Å²) in [5.74, 6) is 0.176. The van der Waals surface area contributed by atoms with Crippen LogP contribution in [0.5, 0.6) is 5.75 Å². The molecule has 0 bridgehead atoms. The number of anilines is 2. The lowest BCUT2D eigenvalue weighted by Gasteiger charge is -2.53. The Morgan fingerprint density at radius 2 is 1.85 bits per heavy atom. The Kier molecular flexibility index (Phi) is 6.24. The van der Waals surface area contributed by atoms with E-state index in [1.807, 2.05) is 42.5 Å². The number of ether oxygens (including phenoxy) is 2. The van der Waals surface area contributed by atoms with Crippen molar-refractivity contribution >= 4 is 34.8 Å². The Labute approximate surface area is 238 Å². The highest BCUT2D eigenvalue weighted by Crippen LogP contribution is 2.44. The molecule has 0 saturated carbocycles. The molecular formula is C30H32ClN5O4. The lowest BCUT2D eigenvalue weighted by atomic mass is 9.73. The van der Waals surface area contributed by atoms with E-state index in [0.717, 1.165) is 61.6 Å². The third kappa shape index (κ3) is 4.23. The number of rotatable bonds is 4. The molecule has 5 heterocycles. The highest BCUT2D eigenvalue weighted by Gasteiger charge is 2.45. The maximum absolute atomic E-state index is 13.8. The number of likely N-dealkylation sites (N-methyl/N-ethyl adjacent to an activating group) is 1. The predicted octanol–water partition coefficient (Wildman–Crippen LogP) is 3.62. The summed E-state index contributed by atoms with van der Waals surface area (Å²) in [6, 6.07) is 15.1. The number of aromatic nitrogens is 2. The summed E-state index contributed by atoms with van der Waals surface area (Å²) in [6.07, 6.45) is 2.72. The van der Waals surface area contributed by atoms with Crippen molar-refractivity contribution in [1.82, 2.24) is 14.7 Å². The van der Waals surface area contributed by atoms with Gasteiger partial charge in [-0.3, -0.25) is 9.59 Å². The van der Waals surface area contributed by atoms with Gasteiger partial charge in [0.15, 0.2) is 5.69 Å². The van der Waals surface area contributed by atoms with Crippen molar-refractivity contribution in [3.8, 4) is 5.75 Å². The largest absolute Gasteiger partial charge is 0.489 e. The molecule has 2 aromatic carbocycles. The highest BCUT2D eigenvalue weighted by molar-refractivity contribution is 6.31. The Morgan fingerprint density at radius 3 is 2.62 bits per heavy atom. The van der Waals surface area contributed by atoms with E-state index in [4.69, 9.17) is 21.1 Å². The minimum Gasteiger partial charge on any atom is -0.489 e. The Bertz CT molecular complexity index is 1460. The van der Waals surface area contributed by atoms with Crippen LogP contribution >= 0.6 is 11.6 Å². The summed E-state index contributed by atoms with van der Waals surface area (Å²) in [4.78, 5) is 33.0. The predicted molar refractivity (Wildman–Crippen MR) is 151 cm³/mol. The van der Waals surface area contributed by atoms with Gasteiger partial charge in [0.05, 0.1) is 12.2 Å². The summed E-state index contributed by atoms with van der Waals surface area (Å²) in [7, 11) is 1.76. The SMILES string of the molecule is CN1C(=O)[C@@H](N2CCc3c(nn(Cc4ccccc4)c3Cl)C2=O)COc2ccc(N3CC4(CCOCC4)C3)cc21. The van der Waals surface area contributed by atoms with Crippen molar-refractivity contribution in [3.05, 3.63) is 70.5 Å². The fourth-order valence-electron chi connectivity index (χ4n) is 6.46. The zero-order valence-corrected chi connectivity index (χ0v) is 23.3. The van der Waals surface area contributed by atoms with Gasteiger partial charge in [-0.25, -0.2) is 4.68 Å². The minimum atomic E-state index is -0.755. The lowest BCUT2D eigenvalue weighted by molar-refractivity contribution is -0.123. The van der Waals surface area contributed by atoms with Crippen LogP contribution in [-0.2, 0) is 22.5 Å². The van der Waals surface area contributed by atoms with Crippen LogP contribution in [0.25, 0.3) is 0 Å². The van der Waals surface area contributed by atoms with E-state index >= 15 is 0 Å². The molecule has 3 aromatic rings. The van der Waals surface area contributed by atoms with E-state index in [0.29, 0.717) is 41.5 Å². The van der Waals surface area contributed by atoms with Crippen LogP contribution in [0.2, 0.25) is 5.15 Å². The van der Waals surface area contributed by atoms with Crippen LogP contribution in [0.15, 0.2) is 48.5 Å². The number of fused-ring (bicyclic) bond motifs is 2. The second kappa shape index (κ2) is 9.82. The molecule has 208 valence electrons. The average molecular weight is 562 g/mol. The smallest absolute Gasteiger partial charge is 0.275 e. The molecule has 0 N–H and O–H groups in total. The van der Waals surface area contributed by atoms with Crippen molar-refractivity contribution in [1.29, 1.82) is 0 Å². The van der Waals surface area contributed by atoms with E-state index in [2.05, 4.69) is 16.1 Å². The molecule has 1 aromatic heterocycles. The minimum absolute atomic E-state index is 0.0852. The number of carbonyl (C=O) groups is 2. The summed E-state index contributed by atoms with van der Waals surface area (Å²) in [6.45, 7) is 4.60. The summed E-state index contributed by atoms with van der Waals surface area (Å²) in [5, 5.41) is 5.05. The summed E-state index contributed by atoms with van der Waals surface area (Å²) >= 11 is 6.65. The third-order valence-electron chi connectivity index (χ3n) is 8.89. The fraction of sp³-hybridized carbons (Fsp3) is 0.433. The van der Waals surface area contributed by atoms with Crippen LogP contribution in [0.1, 0.15) is 34.5 Å². The van der Waals surface area contributed by atoms with E-state index in [9.17, 15) is 9.59 Å².